The molecule has 3 atom stereocenters. The number of nitrogens with one attached hydrogen (secondary N) is 2. The Balaban J connectivity index is 1.70. The number of thiazole rings is 1. The maximum absolute atomic E-state index is 13.0. The van der Waals surface area contributed by atoms with Crippen molar-refractivity contribution in [2.45, 2.75) is 77.6 Å². The Morgan fingerprint density at radius 2 is 1.94 bits per heavy atom. The number of aromatic nitrogens is 1. The van der Waals surface area contributed by atoms with Crippen LogP contribution in [0.2, 0.25) is 0 Å². The first-order valence-electron chi connectivity index (χ1n) is 11.2. The highest BCUT2D eigenvalue weighted by atomic mass is 32.1. The average Bonchev–Trinajstić information content (AvgIpc) is 3.11. The second-order valence-corrected chi connectivity index (χ2v) is 10.6. The van der Waals surface area contributed by atoms with Gasteiger partial charge in [0.1, 0.15) is 5.60 Å². The maximum atomic E-state index is 13.0. The van der Waals surface area contributed by atoms with E-state index in [1.807, 2.05) is 0 Å². The van der Waals surface area contributed by atoms with Crippen molar-refractivity contribution < 1.29 is 23.9 Å². The fourth-order valence-corrected chi connectivity index (χ4v) is 5.18. The van der Waals surface area contributed by atoms with Crippen molar-refractivity contribution in [1.82, 2.24) is 20.5 Å². The van der Waals surface area contributed by atoms with Gasteiger partial charge in [-0.1, -0.05) is 0 Å². The lowest BCUT2D eigenvalue weighted by atomic mass is 9.82. The Morgan fingerprint density at radius 3 is 2.62 bits per heavy atom. The van der Waals surface area contributed by atoms with E-state index in [1.165, 1.54) is 11.3 Å². The molecule has 0 radical (unpaired) electrons. The molecule has 0 bridgehead atoms. The van der Waals surface area contributed by atoms with Crippen LogP contribution < -0.4 is 10.6 Å². The fourth-order valence-electron chi connectivity index (χ4n) is 4.09. The zero-order valence-corrected chi connectivity index (χ0v) is 20.3. The largest absolute Gasteiger partial charge is 0.466 e. The normalized spacial score (nSPS) is 23.7. The molecular formula is C22H34N4O5S. The van der Waals surface area contributed by atoms with Crippen LogP contribution in [0, 0.1) is 5.92 Å². The smallest absolute Gasteiger partial charge is 0.407 e. The number of esters is 1. The summed E-state index contributed by atoms with van der Waals surface area (Å²) in [6.07, 6.45) is 1.77. The van der Waals surface area contributed by atoms with E-state index in [-0.39, 0.29) is 23.8 Å². The third kappa shape index (κ3) is 6.41. The molecule has 2 heterocycles. The molecule has 10 heteroatoms. The number of likely N-dealkylation sites (N-methyl/N-ethyl adjacent to an activating group) is 1. The Labute approximate surface area is 193 Å². The van der Waals surface area contributed by atoms with Gasteiger partial charge in [-0.05, 0) is 54.0 Å². The zero-order chi connectivity index (χ0) is 23.5. The van der Waals surface area contributed by atoms with E-state index in [1.54, 1.807) is 27.7 Å². The molecule has 32 heavy (non-hydrogen) atoms. The Bertz CT molecular complexity index is 850. The van der Waals surface area contributed by atoms with E-state index in [0.717, 1.165) is 30.1 Å². The van der Waals surface area contributed by atoms with Crippen molar-refractivity contribution in [2.75, 3.05) is 20.2 Å². The van der Waals surface area contributed by atoms with E-state index in [0.29, 0.717) is 30.9 Å². The molecule has 2 amide bonds. The summed E-state index contributed by atoms with van der Waals surface area (Å²) in [4.78, 5) is 45.6. The van der Waals surface area contributed by atoms with Crippen LogP contribution in [0.25, 0.3) is 0 Å². The van der Waals surface area contributed by atoms with Gasteiger partial charge in [-0.2, -0.15) is 0 Å². The molecule has 0 saturated heterocycles. The van der Waals surface area contributed by atoms with E-state index in [2.05, 4.69) is 27.6 Å². The topological polar surface area (TPSA) is 110 Å². The fraction of sp³-hybridized carbons (Fsp3) is 0.727. The van der Waals surface area contributed by atoms with Crippen molar-refractivity contribution in [3.63, 3.8) is 0 Å². The number of ether oxygens (including phenoxy) is 2. The lowest BCUT2D eigenvalue weighted by Gasteiger charge is -2.36. The number of carbonyl (C=O) groups is 3. The number of fused-ring (bicyclic) bond motifs is 1. The molecule has 0 aromatic carbocycles. The third-order valence-electron chi connectivity index (χ3n) is 5.61. The summed E-state index contributed by atoms with van der Waals surface area (Å²) in [5, 5.41) is 6.33. The van der Waals surface area contributed by atoms with E-state index in [9.17, 15) is 14.4 Å². The summed E-state index contributed by atoms with van der Waals surface area (Å²) in [6.45, 7) is 9.17. The highest BCUT2D eigenvalue weighted by Gasteiger charge is 2.37. The van der Waals surface area contributed by atoms with Gasteiger partial charge in [-0.3, -0.25) is 9.59 Å². The molecule has 178 valence electrons. The van der Waals surface area contributed by atoms with Gasteiger partial charge in [-0.15, -0.1) is 11.3 Å². The molecule has 1 aliphatic carbocycles. The summed E-state index contributed by atoms with van der Waals surface area (Å²) in [5.41, 5.74) is 0.346. The SMILES string of the molecule is CCOC(=O)C1CC[C@@H](NC(=O)c2nc3c(s2)CN(C)CC3)C(NC(=O)OC(C)(C)C)C1. The first-order chi connectivity index (χ1) is 15.1. The summed E-state index contributed by atoms with van der Waals surface area (Å²) >= 11 is 1.42. The summed E-state index contributed by atoms with van der Waals surface area (Å²) < 4.78 is 10.6. The number of hydrogen-bond donors (Lipinski definition) is 2. The minimum absolute atomic E-state index is 0.248. The van der Waals surface area contributed by atoms with E-state index < -0.39 is 17.7 Å². The summed E-state index contributed by atoms with van der Waals surface area (Å²) in [6, 6.07) is -0.776. The third-order valence-corrected chi connectivity index (χ3v) is 6.69. The monoisotopic (exact) mass is 466 g/mol. The Morgan fingerprint density at radius 1 is 1.19 bits per heavy atom. The zero-order valence-electron chi connectivity index (χ0n) is 19.5. The molecule has 2 N–H and O–H groups in total. The van der Waals surface area contributed by atoms with Crippen LogP contribution in [0.4, 0.5) is 4.79 Å². The second kappa shape index (κ2) is 10.2. The number of nitrogens with zero attached hydrogens (tertiary/aromatic N) is 2. The second-order valence-electron chi connectivity index (χ2n) is 9.47. The van der Waals surface area contributed by atoms with Gasteiger partial charge in [0.2, 0.25) is 0 Å². The van der Waals surface area contributed by atoms with Gasteiger partial charge in [0.05, 0.1) is 24.3 Å². The molecule has 1 fully saturated rings. The number of rotatable bonds is 5. The minimum atomic E-state index is -0.648. The van der Waals surface area contributed by atoms with Crippen LogP contribution in [-0.2, 0) is 27.2 Å². The van der Waals surface area contributed by atoms with Crippen molar-refractivity contribution in [3.8, 4) is 0 Å². The number of alkyl carbamates (subject to hydrolysis) is 1. The molecule has 3 rings (SSSR count). The lowest BCUT2D eigenvalue weighted by Crippen LogP contribution is -2.56. The average molecular weight is 467 g/mol. The lowest BCUT2D eigenvalue weighted by molar-refractivity contribution is -0.149. The van der Waals surface area contributed by atoms with Crippen LogP contribution >= 0.6 is 11.3 Å². The highest BCUT2D eigenvalue weighted by Crippen LogP contribution is 2.28. The predicted molar refractivity (Wildman–Crippen MR) is 121 cm³/mol. The molecule has 1 saturated carbocycles. The Hall–Kier alpha value is -2.20. The predicted octanol–water partition coefficient (Wildman–Crippen LogP) is 2.49. The first kappa shape index (κ1) is 24.4. The van der Waals surface area contributed by atoms with E-state index in [4.69, 9.17) is 9.47 Å². The van der Waals surface area contributed by atoms with Gasteiger partial charge < -0.3 is 25.0 Å². The van der Waals surface area contributed by atoms with Crippen LogP contribution in [0.3, 0.4) is 0 Å². The number of carbonyl (C=O) groups excluding carboxylic acids is 3. The Kier molecular flexibility index (Phi) is 7.76. The molecule has 2 aliphatic rings. The molecule has 1 aliphatic heterocycles. The molecule has 0 spiro atoms. The number of hydrogen-bond acceptors (Lipinski definition) is 8. The van der Waals surface area contributed by atoms with Gasteiger partial charge in [0.15, 0.2) is 5.01 Å². The van der Waals surface area contributed by atoms with Crippen LogP contribution in [0.1, 0.15) is 67.3 Å². The molecule has 2 unspecified atom stereocenters. The van der Waals surface area contributed by atoms with Gasteiger partial charge >= 0.3 is 12.1 Å². The van der Waals surface area contributed by atoms with Crippen molar-refractivity contribution in [2.24, 2.45) is 5.92 Å². The van der Waals surface area contributed by atoms with Crippen molar-refractivity contribution >= 4 is 29.3 Å². The molecular weight excluding hydrogens is 432 g/mol. The van der Waals surface area contributed by atoms with Crippen LogP contribution in [0.5, 0.6) is 0 Å². The summed E-state index contributed by atoms with van der Waals surface area (Å²) in [5.74, 6) is -0.849. The van der Waals surface area contributed by atoms with Gasteiger partial charge in [0, 0.05) is 30.4 Å². The maximum Gasteiger partial charge on any atom is 0.407 e. The molecule has 9 nitrogen and oxygen atoms in total. The molecule has 1 aromatic heterocycles. The quantitative estimate of drug-likeness (QED) is 0.642. The number of amides is 2. The van der Waals surface area contributed by atoms with Gasteiger partial charge in [0.25, 0.3) is 5.91 Å². The summed E-state index contributed by atoms with van der Waals surface area (Å²) in [7, 11) is 2.05. The highest BCUT2D eigenvalue weighted by molar-refractivity contribution is 7.13. The van der Waals surface area contributed by atoms with Crippen LogP contribution in [0.15, 0.2) is 0 Å². The minimum Gasteiger partial charge on any atom is -0.466 e. The van der Waals surface area contributed by atoms with Crippen molar-refractivity contribution in [3.05, 3.63) is 15.6 Å². The van der Waals surface area contributed by atoms with Crippen LogP contribution in [-0.4, -0.2) is 65.7 Å². The first-order valence-corrected chi connectivity index (χ1v) is 12.0. The van der Waals surface area contributed by atoms with Gasteiger partial charge in [-0.25, -0.2) is 9.78 Å². The molecule has 1 aromatic rings. The standard InChI is InChI=1S/C22H34N4O5S/c1-6-30-20(28)13-7-8-14(16(11-13)25-21(29)31-22(2,3)4)23-18(27)19-24-15-9-10-26(5)12-17(15)32-19/h13-14,16H,6-12H2,1-5H3,(H,23,27)(H,25,29)/t13?,14-,16?/m1/s1. The van der Waals surface area contributed by atoms with E-state index >= 15 is 0 Å². The van der Waals surface area contributed by atoms with Crippen molar-refractivity contribution in [1.29, 1.82) is 0 Å².